The van der Waals surface area contributed by atoms with Crippen LogP contribution in [-0.2, 0) is 41.7 Å². The van der Waals surface area contributed by atoms with Gasteiger partial charge in [-0.05, 0) is 96.5 Å². The summed E-state index contributed by atoms with van der Waals surface area (Å²) in [5.41, 5.74) is 5.70. The zero-order valence-corrected chi connectivity index (χ0v) is 24.9. The second kappa shape index (κ2) is 13.9. The predicted octanol–water partition coefficient (Wildman–Crippen LogP) is 4.81. The van der Waals surface area contributed by atoms with Gasteiger partial charge < -0.3 is 24.8 Å². The van der Waals surface area contributed by atoms with E-state index in [0.29, 0.717) is 11.5 Å². The van der Waals surface area contributed by atoms with Crippen molar-refractivity contribution in [1.82, 2.24) is 10.2 Å². The molecule has 2 aliphatic rings. The fraction of sp³-hybridized carbons (Fsp3) is 0.400. The fourth-order valence-electron chi connectivity index (χ4n) is 5.84. The summed E-state index contributed by atoms with van der Waals surface area (Å²) in [6.07, 6.45) is 4.72. The Morgan fingerprint density at radius 1 is 0.767 bits per heavy atom. The highest BCUT2D eigenvalue weighted by Gasteiger charge is 2.30. The van der Waals surface area contributed by atoms with E-state index in [0.717, 1.165) is 49.7 Å². The van der Waals surface area contributed by atoms with Gasteiger partial charge in [0.25, 0.3) is 0 Å². The van der Waals surface area contributed by atoms with Crippen LogP contribution >= 0.6 is 0 Å². The number of aryl methyl sites for hydroxylation is 4. The number of aliphatic hydroxyl groups excluding tert-OH is 1. The van der Waals surface area contributed by atoms with Crippen LogP contribution in [0.4, 0.5) is 4.79 Å². The van der Waals surface area contributed by atoms with Crippen LogP contribution in [0.3, 0.4) is 0 Å². The smallest absolute Gasteiger partial charge is 0.342 e. The van der Waals surface area contributed by atoms with Crippen LogP contribution in [0.2, 0.25) is 0 Å². The summed E-state index contributed by atoms with van der Waals surface area (Å²) in [6, 6.07) is 19.0. The van der Waals surface area contributed by atoms with E-state index in [2.05, 4.69) is 5.32 Å². The molecule has 0 spiro atoms. The van der Waals surface area contributed by atoms with Crippen molar-refractivity contribution in [3.05, 3.63) is 94.5 Å². The molecule has 3 aromatic rings. The minimum Gasteiger partial charge on any atom is -0.425 e. The standard InChI is InChI=1S/C35H40N2O6/c1-23(2)21-37(22-32(38)34(40)43-30-17-15-26-11-7-13-28(26)20-30)35(41)36-31(18-24-8-4-3-5-9-24)33(39)42-29-16-14-25-10-6-12-27(25)19-29/h3-5,8-9,14-17,19-20,23,31-32,38H,6-7,10-13,18,21-22H2,1-2H3,(H,36,41)/t31-,32?/m0/s1. The molecule has 0 aliphatic heterocycles. The Hall–Kier alpha value is -4.17. The summed E-state index contributed by atoms with van der Waals surface area (Å²) in [4.78, 5) is 41.2. The molecule has 8 nitrogen and oxygen atoms in total. The highest BCUT2D eigenvalue weighted by Crippen LogP contribution is 2.27. The SMILES string of the molecule is CC(C)CN(CC(O)C(=O)Oc1ccc2c(c1)CCC2)C(=O)N[C@@H](Cc1ccccc1)C(=O)Oc1ccc2c(c1)CCC2. The van der Waals surface area contributed by atoms with E-state index in [4.69, 9.17) is 9.47 Å². The first kappa shape index (κ1) is 30.3. The van der Waals surface area contributed by atoms with E-state index in [-0.39, 0.29) is 25.4 Å². The van der Waals surface area contributed by atoms with Crippen LogP contribution < -0.4 is 14.8 Å². The number of fused-ring (bicyclic) bond motifs is 2. The molecule has 2 aliphatic carbocycles. The summed E-state index contributed by atoms with van der Waals surface area (Å²) in [5.74, 6) is -0.562. The molecular weight excluding hydrogens is 544 g/mol. The third kappa shape index (κ3) is 8.02. The first-order valence-corrected chi connectivity index (χ1v) is 15.2. The van der Waals surface area contributed by atoms with Gasteiger partial charge in [-0.1, -0.05) is 56.3 Å². The van der Waals surface area contributed by atoms with Crippen molar-refractivity contribution in [3.63, 3.8) is 0 Å². The molecule has 2 amide bonds. The summed E-state index contributed by atoms with van der Waals surface area (Å²) in [5, 5.41) is 13.6. The lowest BCUT2D eigenvalue weighted by Gasteiger charge is -2.28. The Morgan fingerprint density at radius 2 is 1.33 bits per heavy atom. The van der Waals surface area contributed by atoms with Crippen LogP contribution in [0.5, 0.6) is 11.5 Å². The Balaban J connectivity index is 1.27. The summed E-state index contributed by atoms with van der Waals surface area (Å²) in [6.45, 7) is 3.83. The number of hydrogen-bond donors (Lipinski definition) is 2. The van der Waals surface area contributed by atoms with Gasteiger partial charge in [0.15, 0.2) is 6.10 Å². The minimum absolute atomic E-state index is 0.0385. The van der Waals surface area contributed by atoms with Gasteiger partial charge >= 0.3 is 18.0 Å². The van der Waals surface area contributed by atoms with Crippen molar-refractivity contribution in [2.75, 3.05) is 13.1 Å². The number of carbonyl (C=O) groups is 3. The molecule has 0 bridgehead atoms. The van der Waals surface area contributed by atoms with Crippen LogP contribution in [0, 0.1) is 5.92 Å². The number of hydrogen-bond acceptors (Lipinski definition) is 6. The normalized spacial score (nSPS) is 14.9. The lowest BCUT2D eigenvalue weighted by atomic mass is 10.1. The first-order chi connectivity index (χ1) is 20.7. The third-order valence-corrected chi connectivity index (χ3v) is 7.98. The Kier molecular flexibility index (Phi) is 9.77. The zero-order valence-electron chi connectivity index (χ0n) is 24.9. The van der Waals surface area contributed by atoms with Gasteiger partial charge in [-0.2, -0.15) is 0 Å². The second-order valence-electron chi connectivity index (χ2n) is 11.9. The molecule has 0 radical (unpaired) electrons. The number of benzene rings is 3. The van der Waals surface area contributed by atoms with Crippen LogP contribution in [0.1, 0.15) is 54.5 Å². The highest BCUT2D eigenvalue weighted by atomic mass is 16.6. The average molecular weight is 585 g/mol. The number of ether oxygens (including phenoxy) is 2. The number of nitrogens with one attached hydrogen (secondary N) is 1. The van der Waals surface area contributed by atoms with Gasteiger partial charge in [0.2, 0.25) is 0 Å². The fourth-order valence-corrected chi connectivity index (χ4v) is 5.84. The molecule has 0 heterocycles. The number of rotatable bonds is 11. The van der Waals surface area contributed by atoms with Crippen molar-refractivity contribution in [3.8, 4) is 11.5 Å². The molecular formula is C35H40N2O6. The van der Waals surface area contributed by atoms with E-state index >= 15 is 0 Å². The maximum Gasteiger partial charge on any atom is 0.342 e. The van der Waals surface area contributed by atoms with Gasteiger partial charge in [-0.25, -0.2) is 14.4 Å². The zero-order chi connectivity index (χ0) is 30.3. The number of aliphatic hydroxyl groups is 1. The average Bonchev–Trinajstić information content (AvgIpc) is 3.65. The van der Waals surface area contributed by atoms with E-state index in [9.17, 15) is 19.5 Å². The van der Waals surface area contributed by atoms with Gasteiger partial charge in [-0.15, -0.1) is 0 Å². The second-order valence-corrected chi connectivity index (χ2v) is 11.9. The van der Waals surface area contributed by atoms with Crippen molar-refractivity contribution in [1.29, 1.82) is 0 Å². The van der Waals surface area contributed by atoms with Crippen molar-refractivity contribution >= 4 is 18.0 Å². The Bertz CT molecular complexity index is 1450. The molecule has 43 heavy (non-hydrogen) atoms. The number of carbonyl (C=O) groups excluding carboxylic acids is 3. The molecule has 0 saturated carbocycles. The van der Waals surface area contributed by atoms with Crippen LogP contribution in [0.15, 0.2) is 66.7 Å². The number of esters is 2. The minimum atomic E-state index is -1.57. The molecule has 5 rings (SSSR count). The van der Waals surface area contributed by atoms with E-state index in [1.807, 2.05) is 68.4 Å². The van der Waals surface area contributed by atoms with Gasteiger partial charge in [0, 0.05) is 13.0 Å². The maximum atomic E-state index is 13.6. The molecule has 2 N–H and O–H groups in total. The third-order valence-electron chi connectivity index (χ3n) is 7.98. The summed E-state index contributed by atoms with van der Waals surface area (Å²) >= 11 is 0. The van der Waals surface area contributed by atoms with Crippen LogP contribution in [-0.4, -0.2) is 53.2 Å². The van der Waals surface area contributed by atoms with Gasteiger partial charge in [0.05, 0.1) is 6.54 Å². The van der Waals surface area contributed by atoms with E-state index < -0.39 is 30.1 Å². The largest absolute Gasteiger partial charge is 0.425 e. The Morgan fingerprint density at radius 3 is 1.91 bits per heavy atom. The highest BCUT2D eigenvalue weighted by molar-refractivity contribution is 5.86. The number of amides is 2. The molecule has 0 saturated heterocycles. The monoisotopic (exact) mass is 584 g/mol. The lowest BCUT2D eigenvalue weighted by Crippen LogP contribution is -2.53. The lowest BCUT2D eigenvalue weighted by molar-refractivity contribution is -0.144. The molecule has 8 heteroatoms. The molecule has 1 unspecified atom stereocenters. The molecule has 0 fully saturated rings. The van der Waals surface area contributed by atoms with Crippen molar-refractivity contribution < 1.29 is 29.0 Å². The molecule has 226 valence electrons. The van der Waals surface area contributed by atoms with E-state index in [1.165, 1.54) is 21.6 Å². The van der Waals surface area contributed by atoms with Gasteiger partial charge in [-0.3, -0.25) is 0 Å². The molecule has 0 aromatic heterocycles. The first-order valence-electron chi connectivity index (χ1n) is 15.2. The number of urea groups is 1. The van der Waals surface area contributed by atoms with E-state index in [1.54, 1.807) is 12.1 Å². The van der Waals surface area contributed by atoms with Crippen molar-refractivity contribution in [2.24, 2.45) is 5.92 Å². The molecule has 3 aromatic carbocycles. The van der Waals surface area contributed by atoms with Crippen LogP contribution in [0.25, 0.3) is 0 Å². The Labute approximate surface area is 253 Å². The predicted molar refractivity (Wildman–Crippen MR) is 163 cm³/mol. The molecule has 2 atom stereocenters. The van der Waals surface area contributed by atoms with Crippen molar-refractivity contribution in [2.45, 2.75) is 70.9 Å². The van der Waals surface area contributed by atoms with Gasteiger partial charge in [0.1, 0.15) is 17.5 Å². The summed E-state index contributed by atoms with van der Waals surface area (Å²) < 4.78 is 11.2. The maximum absolute atomic E-state index is 13.6. The topological polar surface area (TPSA) is 105 Å². The number of nitrogens with zero attached hydrogens (tertiary/aromatic N) is 1. The quantitative estimate of drug-likeness (QED) is 0.248. The summed E-state index contributed by atoms with van der Waals surface area (Å²) in [7, 11) is 0.